The molecule has 0 amide bonds. The van der Waals surface area contributed by atoms with Crippen molar-refractivity contribution in [3.05, 3.63) is 35.9 Å². The highest BCUT2D eigenvalue weighted by Crippen LogP contribution is 2.15. The quantitative estimate of drug-likeness (QED) is 0.0772. The van der Waals surface area contributed by atoms with E-state index in [4.69, 9.17) is 14.5 Å². The van der Waals surface area contributed by atoms with E-state index in [-0.39, 0.29) is 12.6 Å². The minimum absolute atomic E-state index is 0.0344. The van der Waals surface area contributed by atoms with Gasteiger partial charge in [-0.15, -0.1) is 0 Å². The summed E-state index contributed by atoms with van der Waals surface area (Å²) in [5.41, 5.74) is -0.502. The predicted molar refractivity (Wildman–Crippen MR) is 138 cm³/mol. The van der Waals surface area contributed by atoms with Crippen molar-refractivity contribution in [2.45, 2.75) is 129 Å². The second-order valence-electron chi connectivity index (χ2n) is 9.94. The van der Waals surface area contributed by atoms with Gasteiger partial charge in [0.05, 0.1) is 5.56 Å². The molecule has 0 atom stereocenters. The molecule has 194 valence electrons. The van der Waals surface area contributed by atoms with E-state index in [1.54, 1.807) is 38.1 Å². The molecule has 0 aliphatic rings. The molecule has 0 radical (unpaired) electrons. The number of carbonyl (C=O) groups is 2. The maximum atomic E-state index is 12.0. The molecule has 1 aromatic rings. The van der Waals surface area contributed by atoms with E-state index >= 15 is 0 Å². The van der Waals surface area contributed by atoms with Crippen LogP contribution in [0.15, 0.2) is 30.3 Å². The van der Waals surface area contributed by atoms with Crippen LogP contribution in [0.2, 0.25) is 0 Å². The number of hydrogen-bond acceptors (Lipinski definition) is 5. The van der Waals surface area contributed by atoms with Crippen LogP contribution in [0.5, 0.6) is 0 Å². The molecule has 1 rings (SSSR count). The SMILES string of the molecule is CCCCCCCCCCCCCCCCCC(=O)OCC(C)(C)OOC(=O)c1ccccc1. The van der Waals surface area contributed by atoms with Crippen molar-refractivity contribution in [2.24, 2.45) is 0 Å². The van der Waals surface area contributed by atoms with Crippen molar-refractivity contribution in [2.75, 3.05) is 6.61 Å². The lowest BCUT2D eigenvalue weighted by molar-refractivity contribution is -0.314. The molecule has 0 unspecified atom stereocenters. The van der Waals surface area contributed by atoms with Crippen molar-refractivity contribution < 1.29 is 24.1 Å². The van der Waals surface area contributed by atoms with Gasteiger partial charge in [-0.2, -0.15) is 4.89 Å². The fourth-order valence-corrected chi connectivity index (χ4v) is 3.76. The molecular formula is C29H48O5. The fourth-order valence-electron chi connectivity index (χ4n) is 3.76. The van der Waals surface area contributed by atoms with Gasteiger partial charge in [0.1, 0.15) is 12.2 Å². The molecule has 0 bridgehead atoms. The Balaban J connectivity index is 1.93. The first-order valence-electron chi connectivity index (χ1n) is 13.6. The Bertz CT molecular complexity index is 641. The highest BCUT2D eigenvalue weighted by atomic mass is 17.2. The maximum Gasteiger partial charge on any atom is 0.373 e. The number of hydrogen-bond donors (Lipinski definition) is 0. The zero-order chi connectivity index (χ0) is 24.9. The summed E-state index contributed by atoms with van der Waals surface area (Å²) in [5.74, 6) is -0.807. The Hall–Kier alpha value is -1.88. The number of ether oxygens (including phenoxy) is 1. The largest absolute Gasteiger partial charge is 0.462 e. The smallest absolute Gasteiger partial charge is 0.373 e. The lowest BCUT2D eigenvalue weighted by atomic mass is 10.0. The van der Waals surface area contributed by atoms with Crippen LogP contribution in [-0.4, -0.2) is 24.1 Å². The molecule has 0 aliphatic heterocycles. The van der Waals surface area contributed by atoms with Gasteiger partial charge in [0.25, 0.3) is 0 Å². The van der Waals surface area contributed by atoms with E-state index in [0.29, 0.717) is 12.0 Å². The first kappa shape index (κ1) is 30.2. The van der Waals surface area contributed by atoms with Gasteiger partial charge in [0.2, 0.25) is 0 Å². The molecule has 0 aromatic heterocycles. The van der Waals surface area contributed by atoms with Gasteiger partial charge in [-0.05, 0) is 32.4 Å². The van der Waals surface area contributed by atoms with Crippen molar-refractivity contribution in [1.82, 2.24) is 0 Å². The van der Waals surface area contributed by atoms with Gasteiger partial charge in [-0.25, -0.2) is 4.79 Å². The number of rotatable bonds is 21. The highest BCUT2D eigenvalue weighted by molar-refractivity contribution is 5.88. The molecule has 0 saturated carbocycles. The standard InChI is InChI=1S/C29H48O5/c1-4-5-6-7-8-9-10-11-12-13-14-15-16-17-21-24-27(30)32-25-29(2,3)34-33-28(31)26-22-19-18-20-23-26/h18-20,22-23H,4-17,21,24-25H2,1-3H3. The summed E-state index contributed by atoms with van der Waals surface area (Å²) >= 11 is 0. The lowest BCUT2D eigenvalue weighted by Gasteiger charge is -2.22. The van der Waals surface area contributed by atoms with Gasteiger partial charge >= 0.3 is 11.9 Å². The summed E-state index contributed by atoms with van der Waals surface area (Å²) in [5, 5.41) is 0. The summed E-state index contributed by atoms with van der Waals surface area (Å²) in [6, 6.07) is 8.62. The van der Waals surface area contributed by atoms with Crippen LogP contribution < -0.4 is 0 Å². The van der Waals surface area contributed by atoms with E-state index in [1.807, 2.05) is 6.07 Å². The average molecular weight is 477 g/mol. The second kappa shape index (κ2) is 19.4. The molecule has 0 saturated heterocycles. The van der Waals surface area contributed by atoms with E-state index in [0.717, 1.165) is 12.8 Å². The minimum atomic E-state index is -0.908. The molecular weight excluding hydrogens is 428 g/mol. The molecule has 0 spiro atoms. The molecule has 0 aliphatic carbocycles. The van der Waals surface area contributed by atoms with Crippen LogP contribution in [0, 0.1) is 0 Å². The minimum Gasteiger partial charge on any atom is -0.462 e. The van der Waals surface area contributed by atoms with Gasteiger partial charge in [0, 0.05) is 6.42 Å². The van der Waals surface area contributed by atoms with Crippen LogP contribution >= 0.6 is 0 Å². The summed E-state index contributed by atoms with van der Waals surface area (Å²) in [6.45, 7) is 5.73. The lowest BCUT2D eigenvalue weighted by Crippen LogP contribution is -2.33. The summed E-state index contributed by atoms with van der Waals surface area (Å²) in [7, 11) is 0. The fraction of sp³-hybridized carbons (Fsp3) is 0.724. The van der Waals surface area contributed by atoms with Gasteiger partial charge in [0.15, 0.2) is 0 Å². The van der Waals surface area contributed by atoms with Crippen molar-refractivity contribution >= 4 is 11.9 Å². The maximum absolute atomic E-state index is 12.0. The first-order chi connectivity index (χ1) is 16.4. The van der Waals surface area contributed by atoms with Gasteiger partial charge < -0.3 is 4.74 Å². The third-order valence-corrected chi connectivity index (χ3v) is 5.92. The summed E-state index contributed by atoms with van der Waals surface area (Å²) in [4.78, 5) is 34.0. The second-order valence-corrected chi connectivity index (χ2v) is 9.94. The third kappa shape index (κ3) is 16.7. The molecule has 34 heavy (non-hydrogen) atoms. The van der Waals surface area contributed by atoms with Crippen LogP contribution in [0.4, 0.5) is 0 Å². The Labute approximate surface area is 207 Å². The number of benzene rings is 1. The van der Waals surface area contributed by atoms with Crippen LogP contribution in [0.1, 0.15) is 134 Å². The van der Waals surface area contributed by atoms with E-state index < -0.39 is 11.6 Å². The van der Waals surface area contributed by atoms with Crippen LogP contribution in [0.25, 0.3) is 0 Å². The van der Waals surface area contributed by atoms with Gasteiger partial charge in [-0.1, -0.05) is 115 Å². The molecule has 1 aromatic carbocycles. The van der Waals surface area contributed by atoms with Crippen LogP contribution in [0.3, 0.4) is 0 Å². The monoisotopic (exact) mass is 476 g/mol. The van der Waals surface area contributed by atoms with Crippen molar-refractivity contribution in [3.63, 3.8) is 0 Å². The Kier molecular flexibility index (Phi) is 17.2. The molecule has 5 nitrogen and oxygen atoms in total. The third-order valence-electron chi connectivity index (χ3n) is 5.92. The highest BCUT2D eigenvalue weighted by Gasteiger charge is 2.25. The summed E-state index contributed by atoms with van der Waals surface area (Å²) < 4.78 is 5.31. The van der Waals surface area contributed by atoms with E-state index in [9.17, 15) is 9.59 Å². The topological polar surface area (TPSA) is 61.8 Å². The average Bonchev–Trinajstić information content (AvgIpc) is 2.84. The van der Waals surface area contributed by atoms with E-state index in [1.165, 1.54) is 83.5 Å². The Morgan fingerprint density at radius 3 is 1.68 bits per heavy atom. The zero-order valence-corrected chi connectivity index (χ0v) is 21.9. The Morgan fingerprint density at radius 2 is 1.18 bits per heavy atom. The molecule has 0 fully saturated rings. The molecule has 0 N–H and O–H groups in total. The van der Waals surface area contributed by atoms with Crippen LogP contribution in [-0.2, 0) is 19.3 Å². The predicted octanol–water partition coefficient (Wildman–Crippen LogP) is 8.36. The number of carbonyl (C=O) groups excluding carboxylic acids is 2. The Morgan fingerprint density at radius 1 is 0.706 bits per heavy atom. The zero-order valence-electron chi connectivity index (χ0n) is 21.9. The first-order valence-corrected chi connectivity index (χ1v) is 13.6. The summed E-state index contributed by atoms with van der Waals surface area (Å²) in [6.07, 6.45) is 19.9. The van der Waals surface area contributed by atoms with Gasteiger partial charge in [-0.3, -0.25) is 9.68 Å². The normalized spacial score (nSPS) is 11.4. The molecule has 5 heteroatoms. The van der Waals surface area contributed by atoms with Crippen molar-refractivity contribution in [3.8, 4) is 0 Å². The van der Waals surface area contributed by atoms with E-state index in [2.05, 4.69) is 6.92 Å². The number of unbranched alkanes of at least 4 members (excludes halogenated alkanes) is 14. The molecule has 0 heterocycles. The number of esters is 1. The van der Waals surface area contributed by atoms with Crippen molar-refractivity contribution in [1.29, 1.82) is 0 Å².